The van der Waals surface area contributed by atoms with E-state index < -0.39 is 11.7 Å². The van der Waals surface area contributed by atoms with Gasteiger partial charge in [0.2, 0.25) is 0 Å². The van der Waals surface area contributed by atoms with E-state index in [1.807, 2.05) is 6.92 Å². The molecule has 1 aromatic carbocycles. The summed E-state index contributed by atoms with van der Waals surface area (Å²) in [5.41, 5.74) is 1.63. The fraction of sp³-hybridized carbons (Fsp3) is 0.368. The molecule has 2 aromatic rings. The monoisotopic (exact) mass is 366 g/mol. The van der Waals surface area contributed by atoms with Crippen LogP contribution in [-0.4, -0.2) is 24.1 Å². The second-order valence-electron chi connectivity index (χ2n) is 5.68. The number of rotatable bonds is 7. The lowest BCUT2D eigenvalue weighted by Crippen LogP contribution is -2.14. The largest absolute Gasteiger partial charge is 0.466 e. The third-order valence-corrected chi connectivity index (χ3v) is 3.75. The Morgan fingerprint density at radius 1 is 1.19 bits per heavy atom. The van der Waals surface area contributed by atoms with Gasteiger partial charge in [0.15, 0.2) is 0 Å². The molecule has 0 unspecified atom stereocenters. The Kier molecular flexibility index (Phi) is 6.74. The van der Waals surface area contributed by atoms with Gasteiger partial charge in [-0.3, -0.25) is 9.78 Å². The van der Waals surface area contributed by atoms with Crippen LogP contribution < -0.4 is 5.32 Å². The smallest absolute Gasteiger partial charge is 0.416 e. The number of nitrogens with one attached hydrogen (secondary N) is 1. The second kappa shape index (κ2) is 8.80. The Balaban J connectivity index is 2.38. The molecule has 0 atom stereocenters. The van der Waals surface area contributed by atoms with Gasteiger partial charge in [-0.15, -0.1) is 0 Å². The molecule has 0 saturated heterocycles. The van der Waals surface area contributed by atoms with Gasteiger partial charge in [-0.2, -0.15) is 13.2 Å². The Morgan fingerprint density at radius 2 is 1.96 bits per heavy atom. The predicted molar refractivity (Wildman–Crippen MR) is 92.4 cm³/mol. The SMILES string of the molecule is CCNCc1cc(C(F)(F)F)ccc1-c1cc(CC(=O)OCC)ccn1. The number of esters is 1. The molecule has 7 heteroatoms. The standard InChI is InChI=1S/C19H21F3N2O2/c1-3-23-12-14-11-15(19(20,21)22)5-6-16(14)17-9-13(7-8-24-17)10-18(25)26-4-2/h5-9,11,23H,3-4,10,12H2,1-2H3. The van der Waals surface area contributed by atoms with Gasteiger partial charge < -0.3 is 10.1 Å². The van der Waals surface area contributed by atoms with Crippen molar-refractivity contribution in [2.45, 2.75) is 33.0 Å². The molecule has 0 amide bonds. The molecule has 1 heterocycles. The molecule has 1 N–H and O–H groups in total. The Labute approximate surface area is 150 Å². The molecule has 1 aromatic heterocycles. The van der Waals surface area contributed by atoms with Crippen molar-refractivity contribution in [3.63, 3.8) is 0 Å². The zero-order valence-corrected chi connectivity index (χ0v) is 14.7. The van der Waals surface area contributed by atoms with Gasteiger partial charge >= 0.3 is 12.1 Å². The first-order valence-corrected chi connectivity index (χ1v) is 8.37. The number of carbonyl (C=O) groups is 1. The summed E-state index contributed by atoms with van der Waals surface area (Å²) >= 11 is 0. The minimum atomic E-state index is -4.40. The Bertz CT molecular complexity index is 761. The predicted octanol–water partition coefficient (Wildman–Crippen LogP) is 3.98. The van der Waals surface area contributed by atoms with Crippen molar-refractivity contribution < 1.29 is 22.7 Å². The van der Waals surface area contributed by atoms with Crippen LogP contribution >= 0.6 is 0 Å². The third kappa shape index (κ3) is 5.29. The van der Waals surface area contributed by atoms with Crippen molar-refractivity contribution in [3.8, 4) is 11.3 Å². The van der Waals surface area contributed by atoms with Crippen LogP contribution in [-0.2, 0) is 28.7 Å². The number of halogens is 3. The maximum Gasteiger partial charge on any atom is 0.416 e. The van der Waals surface area contributed by atoms with Crippen LogP contribution in [0.1, 0.15) is 30.5 Å². The van der Waals surface area contributed by atoms with E-state index in [2.05, 4.69) is 10.3 Å². The summed E-state index contributed by atoms with van der Waals surface area (Å²) in [6, 6.07) is 7.00. The second-order valence-corrected chi connectivity index (χ2v) is 5.68. The maximum atomic E-state index is 13.0. The zero-order chi connectivity index (χ0) is 19.2. The van der Waals surface area contributed by atoms with Crippen LogP contribution in [0.3, 0.4) is 0 Å². The maximum absolute atomic E-state index is 13.0. The summed E-state index contributed by atoms with van der Waals surface area (Å²) < 4.78 is 44.0. The number of hydrogen-bond acceptors (Lipinski definition) is 4. The van der Waals surface area contributed by atoms with Crippen molar-refractivity contribution in [1.82, 2.24) is 10.3 Å². The van der Waals surface area contributed by atoms with Gasteiger partial charge in [0, 0.05) is 18.3 Å². The highest BCUT2D eigenvalue weighted by Gasteiger charge is 2.31. The van der Waals surface area contributed by atoms with Gasteiger partial charge in [0.05, 0.1) is 24.3 Å². The number of carbonyl (C=O) groups excluding carboxylic acids is 1. The van der Waals surface area contributed by atoms with Crippen molar-refractivity contribution in [2.75, 3.05) is 13.2 Å². The average Bonchev–Trinajstić information content (AvgIpc) is 2.59. The molecule has 0 spiro atoms. The molecule has 0 saturated carbocycles. The van der Waals surface area contributed by atoms with E-state index >= 15 is 0 Å². The van der Waals surface area contributed by atoms with Gasteiger partial charge in [0.1, 0.15) is 0 Å². The molecule has 26 heavy (non-hydrogen) atoms. The van der Waals surface area contributed by atoms with Crippen LogP contribution in [0.5, 0.6) is 0 Å². The van der Waals surface area contributed by atoms with Gasteiger partial charge in [0.25, 0.3) is 0 Å². The Morgan fingerprint density at radius 3 is 2.62 bits per heavy atom. The quantitative estimate of drug-likeness (QED) is 0.753. The van der Waals surface area contributed by atoms with Gasteiger partial charge in [-0.05, 0) is 48.9 Å². The molecule has 0 aliphatic heterocycles. The normalized spacial score (nSPS) is 11.4. The molecule has 140 valence electrons. The number of benzene rings is 1. The lowest BCUT2D eigenvalue weighted by molar-refractivity contribution is -0.142. The molecule has 2 rings (SSSR count). The number of pyridine rings is 1. The highest BCUT2D eigenvalue weighted by atomic mass is 19.4. The zero-order valence-electron chi connectivity index (χ0n) is 14.7. The van der Waals surface area contributed by atoms with Crippen molar-refractivity contribution in [1.29, 1.82) is 0 Å². The number of alkyl halides is 3. The summed E-state index contributed by atoms with van der Waals surface area (Å²) in [4.78, 5) is 15.9. The van der Waals surface area contributed by atoms with Crippen LogP contribution in [0.25, 0.3) is 11.3 Å². The van der Waals surface area contributed by atoms with E-state index in [9.17, 15) is 18.0 Å². The lowest BCUT2D eigenvalue weighted by atomic mass is 9.99. The summed E-state index contributed by atoms with van der Waals surface area (Å²) in [6.45, 7) is 4.82. The molecule has 4 nitrogen and oxygen atoms in total. The number of hydrogen-bond donors (Lipinski definition) is 1. The molecule has 0 radical (unpaired) electrons. The van der Waals surface area contributed by atoms with Crippen molar-refractivity contribution in [3.05, 3.63) is 53.2 Å². The summed E-state index contributed by atoms with van der Waals surface area (Å²) in [7, 11) is 0. The van der Waals surface area contributed by atoms with E-state index in [4.69, 9.17) is 4.74 Å². The van der Waals surface area contributed by atoms with E-state index in [1.165, 1.54) is 6.07 Å². The first-order valence-electron chi connectivity index (χ1n) is 8.37. The van der Waals surface area contributed by atoms with Crippen LogP contribution in [0, 0.1) is 0 Å². The topological polar surface area (TPSA) is 51.2 Å². The summed E-state index contributed by atoms with van der Waals surface area (Å²) in [5.74, 6) is -0.357. The third-order valence-electron chi connectivity index (χ3n) is 3.75. The van der Waals surface area contributed by atoms with Crippen molar-refractivity contribution >= 4 is 5.97 Å². The first-order chi connectivity index (χ1) is 12.3. The molecular formula is C19H21F3N2O2. The van der Waals surface area contributed by atoms with E-state index in [1.54, 1.807) is 25.3 Å². The van der Waals surface area contributed by atoms with Crippen LogP contribution in [0.4, 0.5) is 13.2 Å². The highest BCUT2D eigenvalue weighted by molar-refractivity contribution is 5.73. The summed E-state index contributed by atoms with van der Waals surface area (Å²) in [6.07, 6.45) is -2.77. The van der Waals surface area contributed by atoms with Crippen molar-refractivity contribution in [2.24, 2.45) is 0 Å². The van der Waals surface area contributed by atoms with Gasteiger partial charge in [-0.1, -0.05) is 13.0 Å². The fourth-order valence-corrected chi connectivity index (χ4v) is 2.54. The lowest BCUT2D eigenvalue weighted by Gasteiger charge is -2.14. The number of aromatic nitrogens is 1. The molecular weight excluding hydrogens is 345 g/mol. The fourth-order valence-electron chi connectivity index (χ4n) is 2.54. The van der Waals surface area contributed by atoms with Gasteiger partial charge in [-0.25, -0.2) is 0 Å². The average molecular weight is 366 g/mol. The number of nitrogens with zero attached hydrogens (tertiary/aromatic N) is 1. The van der Waals surface area contributed by atoms with E-state index in [0.717, 1.165) is 12.1 Å². The van der Waals surface area contributed by atoms with Crippen LogP contribution in [0.15, 0.2) is 36.5 Å². The number of ether oxygens (including phenoxy) is 1. The highest BCUT2D eigenvalue weighted by Crippen LogP contribution is 2.33. The van der Waals surface area contributed by atoms with E-state index in [-0.39, 0.29) is 12.4 Å². The molecule has 0 aliphatic carbocycles. The van der Waals surface area contributed by atoms with E-state index in [0.29, 0.717) is 42.1 Å². The molecule has 0 aliphatic rings. The minimum Gasteiger partial charge on any atom is -0.466 e. The minimum absolute atomic E-state index is 0.0898. The molecule has 0 fully saturated rings. The molecule has 0 bridgehead atoms. The Hall–Kier alpha value is -2.41. The van der Waals surface area contributed by atoms with Crippen LogP contribution in [0.2, 0.25) is 0 Å². The summed E-state index contributed by atoms with van der Waals surface area (Å²) in [5, 5.41) is 3.05. The first kappa shape index (κ1) is 19.9.